The van der Waals surface area contributed by atoms with Crippen LogP contribution in [0.15, 0.2) is 84.7 Å². The van der Waals surface area contributed by atoms with E-state index in [0.29, 0.717) is 34.2 Å². The number of allylic oxidation sites excluding steroid dienone is 1. The number of nitrogens with zero attached hydrogens (tertiary/aromatic N) is 4. The van der Waals surface area contributed by atoms with E-state index in [9.17, 15) is 8.42 Å². The van der Waals surface area contributed by atoms with E-state index in [4.69, 9.17) is 14.9 Å². The Kier molecular flexibility index (Phi) is 7.18. The molecule has 0 aliphatic carbocycles. The lowest BCUT2D eigenvalue weighted by atomic mass is 10.0. The molecule has 0 spiro atoms. The second kappa shape index (κ2) is 10.5. The number of anilines is 1. The summed E-state index contributed by atoms with van der Waals surface area (Å²) in [7, 11) is -2.36. The summed E-state index contributed by atoms with van der Waals surface area (Å²) in [5.74, 6) is 1.39. The predicted octanol–water partition coefficient (Wildman–Crippen LogP) is 2.00. The van der Waals surface area contributed by atoms with Crippen LogP contribution in [0.25, 0.3) is 23.5 Å². The Labute approximate surface area is 208 Å². The zero-order valence-corrected chi connectivity index (χ0v) is 20.4. The average molecular weight is 501 g/mol. The molecule has 3 aromatic heterocycles. The minimum Gasteiger partial charge on any atom is -0.497 e. The number of nitrogens with one attached hydrogen (secondary N) is 1. The van der Waals surface area contributed by atoms with Gasteiger partial charge >= 0.3 is 0 Å². The Morgan fingerprint density at radius 3 is 2.67 bits per heavy atom. The first kappa shape index (κ1) is 24.7. The second-order valence-electron chi connectivity index (χ2n) is 7.70. The molecule has 0 aliphatic heterocycles. The van der Waals surface area contributed by atoms with Crippen molar-refractivity contribution < 1.29 is 13.2 Å². The summed E-state index contributed by atoms with van der Waals surface area (Å²) in [6.45, 7) is 8.53. The van der Waals surface area contributed by atoms with Crippen LogP contribution in [0, 0.1) is 0 Å². The number of hydrogen-bond acceptors (Lipinski definition) is 8. The lowest BCUT2D eigenvalue weighted by Gasteiger charge is -2.12. The van der Waals surface area contributed by atoms with Crippen LogP contribution in [0.5, 0.6) is 5.75 Å². The topological polar surface area (TPSA) is 133 Å². The van der Waals surface area contributed by atoms with Gasteiger partial charge in [0.2, 0.25) is 10.0 Å². The quantitative estimate of drug-likeness (QED) is 0.375. The van der Waals surface area contributed by atoms with Crippen LogP contribution in [0.3, 0.4) is 0 Å². The fourth-order valence-corrected chi connectivity index (χ4v) is 4.07. The molecule has 3 N–H and O–H groups in total. The zero-order valence-electron chi connectivity index (χ0n) is 19.5. The molecule has 0 unspecified atom stereocenters. The van der Waals surface area contributed by atoms with Crippen LogP contribution < -0.4 is 25.8 Å². The van der Waals surface area contributed by atoms with E-state index < -0.39 is 10.0 Å². The molecule has 36 heavy (non-hydrogen) atoms. The molecule has 0 saturated carbocycles. The van der Waals surface area contributed by atoms with Crippen LogP contribution in [-0.2, 0) is 16.6 Å². The van der Waals surface area contributed by atoms with Gasteiger partial charge in [-0.05, 0) is 41.5 Å². The number of rotatable bonds is 8. The van der Waals surface area contributed by atoms with E-state index in [1.54, 1.807) is 19.4 Å². The van der Waals surface area contributed by atoms with Crippen LogP contribution in [0.1, 0.15) is 11.3 Å². The Morgan fingerprint density at radius 1 is 1.14 bits per heavy atom. The van der Waals surface area contributed by atoms with Gasteiger partial charge in [0.1, 0.15) is 16.5 Å². The van der Waals surface area contributed by atoms with Crippen molar-refractivity contribution in [1.29, 1.82) is 0 Å². The minimum absolute atomic E-state index is 0.143. The van der Waals surface area contributed by atoms with Gasteiger partial charge < -0.3 is 10.1 Å². The number of aromatic nitrogens is 4. The van der Waals surface area contributed by atoms with Gasteiger partial charge in [0, 0.05) is 29.4 Å². The number of hydrogen-bond donors (Lipinski definition) is 2. The van der Waals surface area contributed by atoms with Gasteiger partial charge in [-0.15, -0.1) is 0 Å². The molecule has 0 radical (unpaired) electrons. The molecule has 3 heterocycles. The van der Waals surface area contributed by atoms with Crippen molar-refractivity contribution >= 4 is 28.0 Å². The van der Waals surface area contributed by atoms with Gasteiger partial charge in [-0.3, -0.25) is 9.97 Å². The Balaban J connectivity index is 1.94. The maximum absolute atomic E-state index is 11.8. The van der Waals surface area contributed by atoms with Crippen molar-refractivity contribution in [3.63, 3.8) is 0 Å². The van der Waals surface area contributed by atoms with Gasteiger partial charge in [-0.25, -0.2) is 23.5 Å². The van der Waals surface area contributed by atoms with Crippen molar-refractivity contribution in [1.82, 2.24) is 19.9 Å². The first-order valence-corrected chi connectivity index (χ1v) is 12.3. The van der Waals surface area contributed by atoms with Gasteiger partial charge in [0.15, 0.2) is 5.82 Å². The summed E-state index contributed by atoms with van der Waals surface area (Å²) in [6.07, 6.45) is 6.05. The molecule has 9 nitrogen and oxygen atoms in total. The molecule has 10 heteroatoms. The lowest BCUT2D eigenvalue weighted by Crippen LogP contribution is -2.34. The van der Waals surface area contributed by atoms with Gasteiger partial charge in [0.25, 0.3) is 0 Å². The molecule has 0 bridgehead atoms. The van der Waals surface area contributed by atoms with Crippen molar-refractivity contribution in [2.24, 2.45) is 5.14 Å². The fourth-order valence-electron chi connectivity index (χ4n) is 3.58. The summed E-state index contributed by atoms with van der Waals surface area (Å²) in [5, 5.41) is 9.64. The minimum atomic E-state index is -3.95. The highest BCUT2D eigenvalue weighted by Crippen LogP contribution is 2.21. The standard InChI is InChI=1S/C26H24N6O3S/c1-4-23(18-8-7-10-21(12-18)35-3)24-17(2)31-25(19-13-22(16-28-14-19)36(27,33)34)32-26(24)30-15-20-9-5-6-11-29-20/h4-14,16H,1-2,15H2,3H3,(H2,27,33,34)(H,30,31,32)/b24-23-. The summed E-state index contributed by atoms with van der Waals surface area (Å²) in [4.78, 5) is 17.5. The van der Waals surface area contributed by atoms with Gasteiger partial charge in [-0.2, -0.15) is 0 Å². The van der Waals surface area contributed by atoms with E-state index in [0.717, 1.165) is 16.8 Å². The van der Waals surface area contributed by atoms with Gasteiger partial charge in [0.05, 0.1) is 24.7 Å². The van der Waals surface area contributed by atoms with Crippen molar-refractivity contribution in [2.75, 3.05) is 12.4 Å². The average Bonchev–Trinajstić information content (AvgIpc) is 2.89. The van der Waals surface area contributed by atoms with E-state index in [-0.39, 0.29) is 10.7 Å². The second-order valence-corrected chi connectivity index (χ2v) is 9.26. The Bertz CT molecular complexity index is 1640. The van der Waals surface area contributed by atoms with Crippen LogP contribution in [-0.4, -0.2) is 35.5 Å². The van der Waals surface area contributed by atoms with Gasteiger partial charge in [-0.1, -0.05) is 37.4 Å². The van der Waals surface area contributed by atoms with Crippen molar-refractivity contribution in [3.05, 3.63) is 102 Å². The van der Waals surface area contributed by atoms with E-state index >= 15 is 0 Å². The highest BCUT2D eigenvalue weighted by Gasteiger charge is 2.14. The Hall–Kier alpha value is -4.41. The van der Waals surface area contributed by atoms with Crippen LogP contribution in [0.4, 0.5) is 5.82 Å². The van der Waals surface area contributed by atoms with E-state index in [1.807, 2.05) is 42.5 Å². The summed E-state index contributed by atoms with van der Waals surface area (Å²) in [6, 6.07) is 14.5. The number of sulfonamides is 1. The van der Waals surface area contributed by atoms with Crippen LogP contribution in [0.2, 0.25) is 0 Å². The fraction of sp³-hybridized carbons (Fsp3) is 0.0769. The Morgan fingerprint density at radius 2 is 1.97 bits per heavy atom. The van der Waals surface area contributed by atoms with E-state index in [1.165, 1.54) is 18.5 Å². The first-order chi connectivity index (χ1) is 17.3. The highest BCUT2D eigenvalue weighted by atomic mass is 32.2. The molecular weight excluding hydrogens is 476 g/mol. The monoisotopic (exact) mass is 500 g/mol. The normalized spacial score (nSPS) is 12.1. The molecule has 0 saturated heterocycles. The molecule has 0 amide bonds. The molecule has 4 aromatic rings. The van der Waals surface area contributed by atoms with Crippen molar-refractivity contribution in [2.45, 2.75) is 11.4 Å². The maximum Gasteiger partial charge on any atom is 0.239 e. The predicted molar refractivity (Wildman–Crippen MR) is 139 cm³/mol. The van der Waals surface area contributed by atoms with E-state index in [2.05, 4.69) is 33.4 Å². The third kappa shape index (κ3) is 5.45. The highest BCUT2D eigenvalue weighted by molar-refractivity contribution is 7.89. The smallest absolute Gasteiger partial charge is 0.239 e. The first-order valence-electron chi connectivity index (χ1n) is 10.8. The molecule has 0 atom stereocenters. The molecule has 4 rings (SSSR count). The molecule has 0 aliphatic rings. The lowest BCUT2D eigenvalue weighted by molar-refractivity contribution is 0.414. The zero-order chi connectivity index (χ0) is 25.7. The molecule has 1 aromatic carbocycles. The number of benzene rings is 1. The number of nitrogens with two attached hydrogens (primary N) is 1. The number of ether oxygens (including phenoxy) is 1. The number of primary sulfonamides is 1. The molecule has 182 valence electrons. The number of pyridine rings is 2. The summed E-state index contributed by atoms with van der Waals surface area (Å²) >= 11 is 0. The third-order valence-corrected chi connectivity index (χ3v) is 6.18. The van der Waals surface area contributed by atoms with Crippen LogP contribution >= 0.6 is 0 Å². The SMILES string of the molecule is C=C/C(c1cccc(OC)c1)=c1/c(NCc2ccccn2)nc(-c2cncc(S(N)(=O)=O)c2)nc1=C. The molecule has 0 fully saturated rings. The number of methoxy groups -OCH3 is 1. The molecular formula is C26H24N6O3S. The van der Waals surface area contributed by atoms with Crippen molar-refractivity contribution in [3.8, 4) is 17.1 Å². The summed E-state index contributed by atoms with van der Waals surface area (Å²) < 4.78 is 29.1. The largest absolute Gasteiger partial charge is 0.497 e. The maximum atomic E-state index is 11.8. The summed E-state index contributed by atoms with van der Waals surface area (Å²) in [5.41, 5.74) is 2.75. The third-order valence-electron chi connectivity index (χ3n) is 5.30.